The standard InChI is InChI=1S/C23H19ClN2O3/c24-17-8-11-20-19(12-17)23(29,13-21(27)16-6-9-18(25)10-7-16)22(28)26(20)14-15-4-2-1-3-5-15/h1-12,29H,13-14,25H2/t23-/m0/s1. The molecule has 1 atom stereocenters. The first-order valence-electron chi connectivity index (χ1n) is 9.15. The molecule has 4 rings (SSSR count). The number of carbonyl (C=O) groups is 2. The first-order chi connectivity index (χ1) is 13.9. The molecule has 0 saturated carbocycles. The van der Waals surface area contributed by atoms with Gasteiger partial charge in [-0.2, -0.15) is 0 Å². The number of aliphatic hydroxyl groups is 1. The second-order valence-electron chi connectivity index (χ2n) is 7.12. The van der Waals surface area contributed by atoms with Gasteiger partial charge >= 0.3 is 0 Å². The zero-order valence-corrected chi connectivity index (χ0v) is 16.3. The molecule has 0 spiro atoms. The Hall–Kier alpha value is -3.15. The molecular weight excluding hydrogens is 388 g/mol. The van der Waals surface area contributed by atoms with Crippen LogP contribution < -0.4 is 10.6 Å². The van der Waals surface area contributed by atoms with Crippen LogP contribution in [0, 0.1) is 0 Å². The van der Waals surface area contributed by atoms with Gasteiger partial charge in [-0.3, -0.25) is 9.59 Å². The van der Waals surface area contributed by atoms with Crippen molar-refractivity contribution in [3.8, 4) is 0 Å². The van der Waals surface area contributed by atoms with Gasteiger partial charge in [0, 0.05) is 21.8 Å². The molecule has 146 valence electrons. The van der Waals surface area contributed by atoms with Crippen molar-refractivity contribution in [1.82, 2.24) is 0 Å². The summed E-state index contributed by atoms with van der Waals surface area (Å²) in [7, 11) is 0. The van der Waals surface area contributed by atoms with E-state index in [9.17, 15) is 14.7 Å². The van der Waals surface area contributed by atoms with Crippen molar-refractivity contribution in [3.63, 3.8) is 0 Å². The summed E-state index contributed by atoms with van der Waals surface area (Å²) in [6.45, 7) is 0.284. The number of nitrogens with two attached hydrogens (primary N) is 1. The molecule has 0 unspecified atom stereocenters. The monoisotopic (exact) mass is 406 g/mol. The van der Waals surface area contributed by atoms with E-state index < -0.39 is 11.5 Å². The van der Waals surface area contributed by atoms with Gasteiger partial charge < -0.3 is 15.7 Å². The van der Waals surface area contributed by atoms with Gasteiger partial charge in [-0.25, -0.2) is 0 Å². The van der Waals surface area contributed by atoms with Crippen LogP contribution in [0.15, 0.2) is 72.8 Å². The molecule has 1 aliphatic rings. The third-order valence-electron chi connectivity index (χ3n) is 5.13. The zero-order chi connectivity index (χ0) is 20.6. The number of nitrogens with zero attached hydrogens (tertiary/aromatic N) is 1. The Balaban J connectivity index is 1.71. The van der Waals surface area contributed by atoms with Crippen molar-refractivity contribution in [3.05, 3.63) is 94.5 Å². The number of halogens is 1. The van der Waals surface area contributed by atoms with Crippen LogP contribution in [0.2, 0.25) is 5.02 Å². The highest BCUT2D eigenvalue weighted by Crippen LogP contribution is 2.44. The highest BCUT2D eigenvalue weighted by molar-refractivity contribution is 6.31. The van der Waals surface area contributed by atoms with Crippen LogP contribution in [-0.2, 0) is 16.9 Å². The lowest BCUT2D eigenvalue weighted by molar-refractivity contribution is -0.136. The van der Waals surface area contributed by atoms with E-state index in [1.165, 1.54) is 4.90 Å². The van der Waals surface area contributed by atoms with Crippen molar-refractivity contribution < 1.29 is 14.7 Å². The predicted octanol–water partition coefficient (Wildman–Crippen LogP) is 3.93. The third kappa shape index (κ3) is 3.50. The number of fused-ring (bicyclic) bond motifs is 1. The molecule has 1 aliphatic heterocycles. The van der Waals surface area contributed by atoms with Crippen LogP contribution in [0.4, 0.5) is 11.4 Å². The Kier molecular flexibility index (Phi) is 4.86. The van der Waals surface area contributed by atoms with E-state index in [2.05, 4.69) is 0 Å². The topological polar surface area (TPSA) is 83.6 Å². The summed E-state index contributed by atoms with van der Waals surface area (Å²) < 4.78 is 0. The zero-order valence-electron chi connectivity index (χ0n) is 15.5. The summed E-state index contributed by atoms with van der Waals surface area (Å²) in [4.78, 5) is 27.6. The van der Waals surface area contributed by atoms with Crippen molar-refractivity contribution in [1.29, 1.82) is 0 Å². The number of Topliss-reactive ketones (excluding diaryl/α,β-unsaturated/α-hetero) is 1. The number of carbonyl (C=O) groups excluding carboxylic acids is 2. The third-order valence-corrected chi connectivity index (χ3v) is 5.36. The number of rotatable bonds is 5. The van der Waals surface area contributed by atoms with E-state index in [1.54, 1.807) is 42.5 Å². The fourth-order valence-electron chi connectivity index (χ4n) is 3.62. The molecule has 0 bridgehead atoms. The summed E-state index contributed by atoms with van der Waals surface area (Å²) in [6, 6.07) is 20.8. The fourth-order valence-corrected chi connectivity index (χ4v) is 3.79. The first-order valence-corrected chi connectivity index (χ1v) is 9.53. The van der Waals surface area contributed by atoms with Crippen molar-refractivity contribution in [2.24, 2.45) is 0 Å². The van der Waals surface area contributed by atoms with Crippen LogP contribution in [0.1, 0.15) is 27.9 Å². The van der Waals surface area contributed by atoms with Gasteiger partial charge in [0.15, 0.2) is 11.4 Å². The number of ketones is 1. The summed E-state index contributed by atoms with van der Waals surface area (Å²) in [5.74, 6) is -0.893. The SMILES string of the molecule is Nc1ccc(C(=O)C[C@@]2(O)C(=O)N(Cc3ccccc3)c3ccc(Cl)cc32)cc1. The number of benzene rings is 3. The van der Waals surface area contributed by atoms with Gasteiger partial charge in [-0.05, 0) is 48.0 Å². The number of hydrogen-bond donors (Lipinski definition) is 2. The Labute approximate surface area is 173 Å². The molecule has 3 aromatic rings. The maximum atomic E-state index is 13.3. The molecule has 1 amide bonds. The van der Waals surface area contributed by atoms with Crippen molar-refractivity contribution >= 4 is 34.7 Å². The van der Waals surface area contributed by atoms with E-state index in [4.69, 9.17) is 17.3 Å². The molecular formula is C23H19ClN2O3. The Morgan fingerprint density at radius 1 is 1.03 bits per heavy atom. The van der Waals surface area contributed by atoms with Crippen LogP contribution >= 0.6 is 11.6 Å². The normalized spacial score (nSPS) is 18.0. The summed E-state index contributed by atoms with van der Waals surface area (Å²) in [6.07, 6.45) is -0.381. The molecule has 0 saturated heterocycles. The highest BCUT2D eigenvalue weighted by Gasteiger charge is 2.51. The quantitative estimate of drug-likeness (QED) is 0.496. The van der Waals surface area contributed by atoms with Gasteiger partial charge in [0.25, 0.3) is 5.91 Å². The minimum Gasteiger partial charge on any atom is -0.399 e. The van der Waals surface area contributed by atoms with E-state index in [-0.39, 0.29) is 18.7 Å². The molecule has 3 N–H and O–H groups in total. The minimum atomic E-state index is -1.98. The molecule has 0 aromatic heterocycles. The predicted molar refractivity (Wildman–Crippen MR) is 113 cm³/mol. The van der Waals surface area contributed by atoms with Gasteiger partial charge in [0.2, 0.25) is 0 Å². The molecule has 0 fully saturated rings. The lowest BCUT2D eigenvalue weighted by Crippen LogP contribution is -2.41. The lowest BCUT2D eigenvalue weighted by atomic mass is 9.88. The maximum Gasteiger partial charge on any atom is 0.264 e. The Bertz CT molecular complexity index is 1080. The molecule has 1 heterocycles. The number of anilines is 2. The summed E-state index contributed by atoms with van der Waals surface area (Å²) in [5, 5.41) is 11.8. The summed E-state index contributed by atoms with van der Waals surface area (Å²) in [5.41, 5.74) is 6.41. The summed E-state index contributed by atoms with van der Waals surface area (Å²) >= 11 is 6.14. The van der Waals surface area contributed by atoms with Crippen molar-refractivity contribution in [2.75, 3.05) is 10.6 Å². The average Bonchev–Trinajstić information content (AvgIpc) is 2.91. The van der Waals surface area contributed by atoms with Crippen molar-refractivity contribution in [2.45, 2.75) is 18.6 Å². The highest BCUT2D eigenvalue weighted by atomic mass is 35.5. The second kappa shape index (κ2) is 7.35. The number of amides is 1. The van der Waals surface area contributed by atoms with Crippen LogP contribution in [0.25, 0.3) is 0 Å². The maximum absolute atomic E-state index is 13.3. The number of hydrogen-bond acceptors (Lipinski definition) is 4. The first kappa shape index (κ1) is 19.2. The molecule has 5 nitrogen and oxygen atoms in total. The molecule has 0 aliphatic carbocycles. The fraction of sp³-hybridized carbons (Fsp3) is 0.130. The molecule has 29 heavy (non-hydrogen) atoms. The largest absolute Gasteiger partial charge is 0.399 e. The second-order valence-corrected chi connectivity index (χ2v) is 7.56. The molecule has 0 radical (unpaired) electrons. The van der Waals surface area contributed by atoms with Crippen LogP contribution in [0.5, 0.6) is 0 Å². The smallest absolute Gasteiger partial charge is 0.264 e. The average molecular weight is 407 g/mol. The van der Waals surface area contributed by atoms with E-state index in [0.717, 1.165) is 5.56 Å². The molecule has 3 aromatic carbocycles. The van der Waals surface area contributed by atoms with Gasteiger partial charge in [0.1, 0.15) is 0 Å². The lowest BCUT2D eigenvalue weighted by Gasteiger charge is -2.23. The number of nitrogen functional groups attached to an aromatic ring is 1. The van der Waals surface area contributed by atoms with Gasteiger partial charge in [-0.15, -0.1) is 0 Å². The van der Waals surface area contributed by atoms with Gasteiger partial charge in [0.05, 0.1) is 18.7 Å². The van der Waals surface area contributed by atoms with Gasteiger partial charge in [-0.1, -0.05) is 41.9 Å². The Morgan fingerprint density at radius 2 is 1.72 bits per heavy atom. The molecule has 6 heteroatoms. The van der Waals surface area contributed by atoms with E-state index in [1.807, 2.05) is 30.3 Å². The van der Waals surface area contributed by atoms with Crippen LogP contribution in [0.3, 0.4) is 0 Å². The minimum absolute atomic E-state index is 0.284. The van der Waals surface area contributed by atoms with E-state index >= 15 is 0 Å². The van der Waals surface area contributed by atoms with E-state index in [0.29, 0.717) is 27.5 Å². The Morgan fingerprint density at radius 3 is 2.41 bits per heavy atom. The van der Waals surface area contributed by atoms with Crippen LogP contribution in [-0.4, -0.2) is 16.8 Å².